The van der Waals surface area contributed by atoms with Crippen LogP contribution >= 0.6 is 15.9 Å². The van der Waals surface area contributed by atoms with Crippen LogP contribution in [0.25, 0.3) is 0 Å². The van der Waals surface area contributed by atoms with Crippen molar-refractivity contribution in [3.63, 3.8) is 0 Å². The number of hydrogen-bond acceptors (Lipinski definition) is 3. The Balaban J connectivity index is 3.43. The maximum Gasteiger partial charge on any atom is 0.417 e. The third-order valence-electron chi connectivity index (χ3n) is 1.39. The lowest BCUT2D eigenvalue weighted by molar-refractivity contribution is -0.138. The molecule has 0 radical (unpaired) electrons. The molecule has 0 saturated heterocycles. The van der Waals surface area contributed by atoms with Gasteiger partial charge in [-0.05, 0) is 22.0 Å². The number of alkyl halides is 3. The molecule has 0 fully saturated rings. The Kier molecular flexibility index (Phi) is 3.06. The molecule has 0 aromatic carbocycles. The molecule has 3 nitrogen and oxygen atoms in total. The first kappa shape index (κ1) is 12.4. The molecule has 15 heavy (non-hydrogen) atoms. The van der Waals surface area contributed by atoms with E-state index < -0.39 is 31.5 Å². The molecule has 0 aliphatic carbocycles. The van der Waals surface area contributed by atoms with Crippen molar-refractivity contribution in [2.24, 2.45) is 0 Å². The van der Waals surface area contributed by atoms with Gasteiger partial charge in [0.25, 0.3) is 0 Å². The fourth-order valence-electron chi connectivity index (χ4n) is 0.770. The van der Waals surface area contributed by atoms with Crippen LogP contribution in [0.3, 0.4) is 0 Å². The molecule has 9 heteroatoms. The summed E-state index contributed by atoms with van der Waals surface area (Å²) in [6, 6.07) is 0.124. The molecule has 0 atom stereocenters. The maximum absolute atomic E-state index is 12.3. The fourth-order valence-corrected chi connectivity index (χ4v) is 1.65. The molecule has 0 aliphatic rings. The zero-order valence-electron chi connectivity index (χ0n) is 6.72. The molecule has 1 rings (SSSR count). The Morgan fingerprint density at radius 3 is 2.27 bits per heavy atom. The van der Waals surface area contributed by atoms with Gasteiger partial charge in [0.2, 0.25) is 0 Å². The lowest BCUT2D eigenvalue weighted by Gasteiger charge is -2.08. The van der Waals surface area contributed by atoms with E-state index in [0.717, 1.165) is 0 Å². The SMILES string of the molecule is O=S(=O)(F)c1cc(C(F)(F)F)c(Br)cn1. The van der Waals surface area contributed by atoms with Gasteiger partial charge in [0.15, 0.2) is 5.03 Å². The summed E-state index contributed by atoms with van der Waals surface area (Å²) in [6.07, 6.45) is -4.20. The number of hydrogen-bond donors (Lipinski definition) is 0. The van der Waals surface area contributed by atoms with Gasteiger partial charge in [0, 0.05) is 10.7 Å². The van der Waals surface area contributed by atoms with Gasteiger partial charge in [0.05, 0.1) is 5.56 Å². The van der Waals surface area contributed by atoms with Gasteiger partial charge in [0.1, 0.15) is 0 Å². The second-order valence-corrected chi connectivity index (χ2v) is 4.59. The summed E-state index contributed by atoms with van der Waals surface area (Å²) in [6.45, 7) is 0. The molecule has 0 aliphatic heterocycles. The highest BCUT2D eigenvalue weighted by Crippen LogP contribution is 2.35. The number of nitrogens with zero attached hydrogens (tertiary/aromatic N) is 1. The van der Waals surface area contributed by atoms with E-state index in [1.807, 2.05) is 0 Å². The fraction of sp³-hybridized carbons (Fsp3) is 0.167. The van der Waals surface area contributed by atoms with Crippen molar-refractivity contribution >= 4 is 26.2 Å². The van der Waals surface area contributed by atoms with E-state index in [2.05, 4.69) is 20.9 Å². The van der Waals surface area contributed by atoms with Crippen molar-refractivity contribution in [3.8, 4) is 0 Å². The van der Waals surface area contributed by atoms with Crippen LogP contribution in [0, 0.1) is 0 Å². The van der Waals surface area contributed by atoms with Gasteiger partial charge in [-0.3, -0.25) is 0 Å². The van der Waals surface area contributed by atoms with Crippen LogP contribution in [0.5, 0.6) is 0 Å². The smallest absolute Gasteiger partial charge is 0.241 e. The second-order valence-electron chi connectivity index (χ2n) is 2.44. The highest BCUT2D eigenvalue weighted by atomic mass is 79.9. The lowest BCUT2D eigenvalue weighted by atomic mass is 10.3. The summed E-state index contributed by atoms with van der Waals surface area (Å²) in [5, 5.41) is -1.27. The maximum atomic E-state index is 12.3. The minimum absolute atomic E-state index is 0.124. The second kappa shape index (κ2) is 3.71. The van der Waals surface area contributed by atoms with Crippen molar-refractivity contribution in [1.29, 1.82) is 0 Å². The highest BCUT2D eigenvalue weighted by Gasteiger charge is 2.34. The Labute approximate surface area is 90.5 Å². The van der Waals surface area contributed by atoms with Crippen LogP contribution in [-0.4, -0.2) is 13.4 Å². The average molecular weight is 308 g/mol. The standard InChI is InChI=1S/C6H2BrF4NO2S/c7-4-2-12-5(15(11,13)14)1-3(4)6(8,9)10/h1-2H. The quantitative estimate of drug-likeness (QED) is 0.591. The van der Waals surface area contributed by atoms with Gasteiger partial charge in [-0.2, -0.15) is 21.6 Å². The molecule has 84 valence electrons. The zero-order chi connectivity index (χ0) is 11.9. The summed E-state index contributed by atoms with van der Waals surface area (Å²) in [7, 11) is -5.23. The van der Waals surface area contributed by atoms with Crippen LogP contribution in [0.15, 0.2) is 21.8 Å². The minimum atomic E-state index is -5.23. The van der Waals surface area contributed by atoms with Crippen molar-refractivity contribution in [2.75, 3.05) is 0 Å². The molecular formula is C6H2BrF4NO2S. The Morgan fingerprint density at radius 1 is 1.33 bits per heavy atom. The van der Waals surface area contributed by atoms with E-state index >= 15 is 0 Å². The summed E-state index contributed by atoms with van der Waals surface area (Å²) in [5.41, 5.74) is -1.30. The van der Waals surface area contributed by atoms with Gasteiger partial charge >= 0.3 is 16.4 Å². The normalized spacial score (nSPS) is 12.9. The van der Waals surface area contributed by atoms with E-state index in [4.69, 9.17) is 0 Å². The third kappa shape index (κ3) is 2.88. The van der Waals surface area contributed by atoms with Gasteiger partial charge in [-0.15, -0.1) is 0 Å². The van der Waals surface area contributed by atoms with Crippen molar-refractivity contribution in [1.82, 2.24) is 4.98 Å². The van der Waals surface area contributed by atoms with Gasteiger partial charge in [-0.1, -0.05) is 3.89 Å². The van der Waals surface area contributed by atoms with Gasteiger partial charge < -0.3 is 0 Å². The Morgan fingerprint density at radius 2 is 1.87 bits per heavy atom. The van der Waals surface area contributed by atoms with Crippen molar-refractivity contribution in [2.45, 2.75) is 11.2 Å². The number of pyridine rings is 1. The Bertz CT molecular complexity index is 484. The van der Waals surface area contributed by atoms with E-state index in [-0.39, 0.29) is 6.07 Å². The Hall–Kier alpha value is -0.700. The number of rotatable bonds is 1. The molecule has 1 heterocycles. The molecule has 0 unspecified atom stereocenters. The predicted octanol–water partition coefficient (Wildman–Crippen LogP) is 2.52. The van der Waals surface area contributed by atoms with Gasteiger partial charge in [-0.25, -0.2) is 4.98 Å². The van der Waals surface area contributed by atoms with E-state index in [0.29, 0.717) is 6.20 Å². The predicted molar refractivity (Wildman–Crippen MR) is 45.2 cm³/mol. The molecule has 0 saturated carbocycles. The number of aromatic nitrogens is 1. The molecule has 1 aromatic rings. The van der Waals surface area contributed by atoms with Crippen LogP contribution in [0.4, 0.5) is 17.1 Å². The molecule has 0 N–H and O–H groups in total. The monoisotopic (exact) mass is 307 g/mol. The first-order valence-electron chi connectivity index (χ1n) is 3.30. The third-order valence-corrected chi connectivity index (χ3v) is 2.74. The summed E-state index contributed by atoms with van der Waals surface area (Å²) in [4.78, 5) is 3.01. The first-order valence-corrected chi connectivity index (χ1v) is 5.47. The number of halogens is 5. The van der Waals surface area contributed by atoms with Crippen molar-refractivity contribution < 1.29 is 25.5 Å². The van der Waals surface area contributed by atoms with Crippen LogP contribution in [0.2, 0.25) is 0 Å². The minimum Gasteiger partial charge on any atom is -0.241 e. The molecular weight excluding hydrogens is 306 g/mol. The molecule has 0 spiro atoms. The first-order chi connectivity index (χ1) is 6.62. The van der Waals surface area contributed by atoms with Crippen LogP contribution < -0.4 is 0 Å². The van der Waals surface area contributed by atoms with Crippen molar-refractivity contribution in [3.05, 3.63) is 22.3 Å². The molecule has 0 amide bonds. The van der Waals surface area contributed by atoms with E-state index in [1.54, 1.807) is 0 Å². The van der Waals surface area contributed by atoms with Crippen LogP contribution in [-0.2, 0) is 16.4 Å². The molecule has 0 bridgehead atoms. The van der Waals surface area contributed by atoms with Crippen LogP contribution in [0.1, 0.15) is 5.56 Å². The van der Waals surface area contributed by atoms with E-state index in [1.165, 1.54) is 0 Å². The van der Waals surface area contributed by atoms with E-state index in [9.17, 15) is 25.5 Å². The zero-order valence-corrected chi connectivity index (χ0v) is 9.12. The topological polar surface area (TPSA) is 47.0 Å². The highest BCUT2D eigenvalue weighted by molar-refractivity contribution is 9.10. The largest absolute Gasteiger partial charge is 0.417 e. The lowest BCUT2D eigenvalue weighted by Crippen LogP contribution is -2.08. The summed E-state index contributed by atoms with van der Waals surface area (Å²) < 4.78 is 69.2. The summed E-state index contributed by atoms with van der Waals surface area (Å²) >= 11 is 2.53. The summed E-state index contributed by atoms with van der Waals surface area (Å²) in [5.74, 6) is 0. The molecule has 1 aromatic heterocycles. The average Bonchev–Trinajstić information content (AvgIpc) is 2.00.